The molecule has 0 bridgehead atoms. The largest absolute Gasteiger partial charge is 0.748 e. The van der Waals surface area contributed by atoms with Crippen LogP contribution >= 0.6 is 0 Å². The fraction of sp³-hybridized carbons (Fsp3) is 0.571. The van der Waals surface area contributed by atoms with E-state index in [1.807, 2.05) is 19.6 Å². The van der Waals surface area contributed by atoms with Gasteiger partial charge in [0.1, 0.15) is 0 Å². The Kier molecular flexibility index (Phi) is 8.73. The third-order valence-corrected chi connectivity index (χ3v) is 7.81. The standard InChI is InChI=1S/C13H13F9ISi.CH4O3S/c1-24(2,3)9-6-4-8(5-7-9)23-13(21,22)11(16,17)10(14,15)12(18,19)20;1-5(2,3)4/h4-7H,1-3H3;1H3,(H,2,3,4)/q+1;/p-1. The Balaban J connectivity index is 0.00000139. The summed E-state index contributed by atoms with van der Waals surface area (Å²) < 4.78 is 137. The van der Waals surface area contributed by atoms with Gasteiger partial charge in [-0.15, -0.1) is 0 Å². The number of alkyl halides is 10. The van der Waals surface area contributed by atoms with Gasteiger partial charge in [0.2, 0.25) is 0 Å². The Labute approximate surface area is 172 Å². The molecule has 15 heteroatoms. The summed E-state index contributed by atoms with van der Waals surface area (Å²) in [6.45, 7) is 5.80. The van der Waals surface area contributed by atoms with Crippen LogP contribution in [0.5, 0.6) is 0 Å². The molecule has 0 aliphatic carbocycles. The van der Waals surface area contributed by atoms with Gasteiger partial charge in [-0.25, -0.2) is 8.42 Å². The molecule has 0 atom stereocenters. The molecular weight excluding hydrogens is 574 g/mol. The zero-order chi connectivity index (χ0) is 23.7. The van der Waals surface area contributed by atoms with Crippen molar-refractivity contribution in [1.82, 2.24) is 0 Å². The molecule has 0 N–H and O–H groups in total. The van der Waals surface area contributed by atoms with E-state index in [4.69, 9.17) is 13.0 Å². The van der Waals surface area contributed by atoms with Crippen LogP contribution in [0.25, 0.3) is 0 Å². The normalized spacial score (nSPS) is 14.3. The van der Waals surface area contributed by atoms with Crippen LogP contribution in [-0.4, -0.2) is 49.3 Å². The van der Waals surface area contributed by atoms with E-state index in [-0.39, 0.29) is 3.57 Å². The summed E-state index contributed by atoms with van der Waals surface area (Å²) in [7, 11) is -5.72. The van der Waals surface area contributed by atoms with Gasteiger partial charge in [-0.2, -0.15) is 39.5 Å². The molecule has 0 saturated carbocycles. The van der Waals surface area contributed by atoms with Crippen molar-refractivity contribution >= 4 is 23.4 Å². The van der Waals surface area contributed by atoms with Crippen molar-refractivity contribution in [3.8, 4) is 0 Å². The summed E-state index contributed by atoms with van der Waals surface area (Å²) in [6, 6.07) is 4.99. The van der Waals surface area contributed by atoms with Crippen LogP contribution in [0.2, 0.25) is 19.6 Å². The van der Waals surface area contributed by atoms with E-state index >= 15 is 0 Å². The van der Waals surface area contributed by atoms with Crippen molar-refractivity contribution in [3.05, 3.63) is 27.8 Å². The smallest absolute Gasteiger partial charge is 0.517 e. The number of hydrogen-bond donors (Lipinski definition) is 0. The molecule has 3 nitrogen and oxygen atoms in total. The van der Waals surface area contributed by atoms with E-state index < -0.39 is 61.3 Å². The van der Waals surface area contributed by atoms with Gasteiger partial charge in [-0.3, -0.25) is 0 Å². The summed E-state index contributed by atoms with van der Waals surface area (Å²) in [5.41, 5.74) is 0. The van der Waals surface area contributed by atoms with Gasteiger partial charge in [-0.1, -0.05) is 37.0 Å². The van der Waals surface area contributed by atoms with Crippen LogP contribution < -0.4 is 26.4 Å². The Morgan fingerprint density at radius 3 is 1.45 bits per heavy atom. The van der Waals surface area contributed by atoms with Crippen LogP contribution in [0.4, 0.5) is 39.5 Å². The van der Waals surface area contributed by atoms with Crippen molar-refractivity contribution in [1.29, 1.82) is 0 Å². The van der Waals surface area contributed by atoms with E-state index in [0.29, 0.717) is 6.26 Å². The van der Waals surface area contributed by atoms with Crippen molar-refractivity contribution in [2.45, 2.75) is 41.6 Å². The third kappa shape index (κ3) is 7.89. The highest BCUT2D eigenvalue weighted by Crippen LogP contribution is 2.50. The second kappa shape index (κ2) is 8.90. The van der Waals surface area contributed by atoms with E-state index in [9.17, 15) is 39.5 Å². The number of rotatable bonds is 5. The Morgan fingerprint density at radius 2 is 1.17 bits per heavy atom. The predicted octanol–water partition coefficient (Wildman–Crippen LogP) is 1.08. The number of benzene rings is 1. The molecule has 1 aromatic rings. The predicted molar refractivity (Wildman–Crippen MR) is 84.6 cm³/mol. The molecule has 0 aliphatic rings. The second-order valence-electron chi connectivity index (χ2n) is 6.70. The van der Waals surface area contributed by atoms with Gasteiger partial charge in [0, 0.05) is 6.26 Å². The lowest BCUT2D eigenvalue weighted by atomic mass is 10.2. The summed E-state index contributed by atoms with van der Waals surface area (Å²) in [4.78, 5) is 0. The average molecular weight is 590 g/mol. The van der Waals surface area contributed by atoms with E-state index in [1.165, 1.54) is 12.1 Å². The monoisotopic (exact) mass is 590 g/mol. The second-order valence-corrected chi connectivity index (χ2v) is 16.3. The van der Waals surface area contributed by atoms with Crippen molar-refractivity contribution in [3.63, 3.8) is 0 Å². The summed E-state index contributed by atoms with van der Waals surface area (Å²) in [5, 5.41) is 0.811. The molecule has 29 heavy (non-hydrogen) atoms. The minimum atomic E-state index is -6.82. The summed E-state index contributed by atoms with van der Waals surface area (Å²) in [6.07, 6.45) is -6.17. The average Bonchev–Trinajstić information content (AvgIpc) is 2.43. The fourth-order valence-corrected chi connectivity index (χ4v) is 4.91. The molecule has 0 heterocycles. The minimum Gasteiger partial charge on any atom is -0.748 e. The quantitative estimate of drug-likeness (QED) is 0.170. The number of hydrogen-bond acceptors (Lipinski definition) is 3. The molecule has 0 spiro atoms. The Morgan fingerprint density at radius 1 is 0.828 bits per heavy atom. The number of halogens is 10. The highest BCUT2D eigenvalue weighted by atomic mass is 127. The molecule has 0 aromatic heterocycles. The van der Waals surface area contributed by atoms with Crippen LogP contribution in [0.15, 0.2) is 24.3 Å². The van der Waals surface area contributed by atoms with E-state index in [1.54, 1.807) is 0 Å². The fourth-order valence-electron chi connectivity index (χ4n) is 1.57. The first-order chi connectivity index (χ1) is 12.4. The Hall–Kier alpha value is -0.553. The van der Waals surface area contributed by atoms with Crippen LogP contribution in [0, 0.1) is 3.57 Å². The summed E-state index contributed by atoms with van der Waals surface area (Å²) in [5.74, 6) is -13.3. The Bertz CT molecular complexity index is 780. The lowest BCUT2D eigenvalue weighted by Gasteiger charge is -2.28. The minimum absolute atomic E-state index is 0.349. The molecule has 0 saturated heterocycles. The van der Waals surface area contributed by atoms with Crippen molar-refractivity contribution in [2.24, 2.45) is 0 Å². The van der Waals surface area contributed by atoms with Crippen molar-refractivity contribution in [2.75, 3.05) is 6.26 Å². The molecule has 1 rings (SSSR count). The molecule has 0 amide bonds. The van der Waals surface area contributed by atoms with Gasteiger partial charge in [0.05, 0.1) is 18.2 Å². The van der Waals surface area contributed by atoms with Crippen LogP contribution in [0.3, 0.4) is 0 Å². The zero-order valence-corrected chi connectivity index (χ0v) is 19.2. The van der Waals surface area contributed by atoms with Crippen molar-refractivity contribution < 1.29 is 73.7 Å². The molecule has 1 aromatic carbocycles. The molecule has 0 radical (unpaired) electrons. The van der Waals surface area contributed by atoms with Gasteiger partial charge < -0.3 is 4.55 Å². The molecule has 170 valence electrons. The van der Waals surface area contributed by atoms with Gasteiger partial charge in [0.15, 0.2) is 3.57 Å². The maximum absolute atomic E-state index is 13.6. The molecular formula is C14H16F9IO3SSi. The highest BCUT2D eigenvalue weighted by molar-refractivity contribution is 7.84. The van der Waals surface area contributed by atoms with Crippen LogP contribution in [-0.2, 0) is 10.1 Å². The lowest BCUT2D eigenvalue weighted by molar-refractivity contribution is -0.790. The molecule has 0 fully saturated rings. The molecule has 0 unspecified atom stereocenters. The van der Waals surface area contributed by atoms with Gasteiger partial charge >= 0.3 is 43.2 Å². The summed E-state index contributed by atoms with van der Waals surface area (Å²) >= 11 is -3.12. The first kappa shape index (κ1) is 28.4. The maximum Gasteiger partial charge on any atom is 0.517 e. The van der Waals surface area contributed by atoms with Gasteiger partial charge in [0.25, 0.3) is 0 Å². The maximum atomic E-state index is 13.6. The topological polar surface area (TPSA) is 57.2 Å². The SMILES string of the molecule is CS(=O)(=O)[O-].C[Si](C)(C)c1ccc([I+]C(F)(F)C(F)(F)C(F)(F)C(F)(F)F)cc1. The van der Waals surface area contributed by atoms with Crippen LogP contribution in [0.1, 0.15) is 0 Å². The highest BCUT2D eigenvalue weighted by Gasteiger charge is 2.87. The first-order valence-corrected chi connectivity index (χ1v) is 14.8. The van der Waals surface area contributed by atoms with Gasteiger partial charge in [-0.05, 0) is 12.1 Å². The van der Waals surface area contributed by atoms with E-state index in [0.717, 1.165) is 17.3 Å². The molecule has 0 aliphatic heterocycles. The first-order valence-electron chi connectivity index (χ1n) is 7.31. The van der Waals surface area contributed by atoms with E-state index in [2.05, 4.69) is 0 Å². The zero-order valence-electron chi connectivity index (χ0n) is 15.2. The lowest BCUT2D eigenvalue weighted by Crippen LogP contribution is -3.68. The third-order valence-electron chi connectivity index (χ3n) is 3.04.